The summed E-state index contributed by atoms with van der Waals surface area (Å²) < 4.78 is 1.52. The maximum Gasteiger partial charge on any atom is 2.00 e. The van der Waals surface area contributed by atoms with E-state index in [0.717, 1.165) is 86.7 Å². The predicted octanol–water partition coefficient (Wildman–Crippen LogP) is 31.1. The van der Waals surface area contributed by atoms with Crippen LogP contribution in [0.2, 0.25) is 0 Å². The SMILES string of the molecule is CCCCC1=C(c2ccc(CCCC)cc2)[N+](=[N-])C(c2cccc(CCCC)c2)=C1CCCC.[CH2-]CCCCCCCCCCCCCCCCCCCCCCCCCC.[CH2-]CCCCCCCCCCCCCCCCCCCCCCCCCC.[Pd+2]. The molecule has 1 aliphatic rings. The monoisotopic (exact) mass is 1320 g/mol. The van der Waals surface area contributed by atoms with Crippen molar-refractivity contribution in [3.63, 3.8) is 0 Å². The van der Waals surface area contributed by atoms with Gasteiger partial charge in [0.25, 0.3) is 0 Å². The van der Waals surface area contributed by atoms with Gasteiger partial charge in [-0.25, -0.2) is 4.70 Å². The van der Waals surface area contributed by atoms with Gasteiger partial charge in [-0.15, -0.1) is 0 Å². The van der Waals surface area contributed by atoms with Crippen molar-refractivity contribution in [1.29, 1.82) is 0 Å². The van der Waals surface area contributed by atoms with Crippen LogP contribution >= 0.6 is 0 Å². The van der Waals surface area contributed by atoms with Crippen LogP contribution in [0.1, 0.15) is 449 Å². The van der Waals surface area contributed by atoms with Crippen molar-refractivity contribution < 1.29 is 25.1 Å². The molecule has 0 aromatic heterocycles. The second kappa shape index (κ2) is 69.0. The first-order chi connectivity index (χ1) is 43.5. The predicted molar refractivity (Wildman–Crippen MR) is 400 cm³/mol. The van der Waals surface area contributed by atoms with E-state index in [4.69, 9.17) is 0 Å². The molecule has 3 rings (SSSR count). The van der Waals surface area contributed by atoms with Gasteiger partial charge >= 0.3 is 20.4 Å². The van der Waals surface area contributed by atoms with E-state index < -0.39 is 0 Å². The molecule has 0 N–H and O–H groups in total. The quantitative estimate of drug-likeness (QED) is 0.0273. The Hall–Kier alpha value is -1.82. The summed E-state index contributed by atoms with van der Waals surface area (Å²) in [6.45, 7) is 21.4. The third-order valence-electron chi connectivity index (χ3n) is 19.2. The molecule has 0 atom stereocenters. The molecule has 0 radical (unpaired) electrons. The Morgan fingerprint density at radius 1 is 0.258 bits per heavy atom. The zero-order valence-electron chi connectivity index (χ0n) is 61.1. The minimum Gasteiger partial charge on any atom is -0.493 e. The number of unbranched alkanes of at least 4 members (excludes halogenated alkanes) is 52. The summed E-state index contributed by atoms with van der Waals surface area (Å²) >= 11 is 0. The largest absolute Gasteiger partial charge is 2.00 e. The fraction of sp³-hybridized carbons (Fsp3) is 0.791. The molecule has 0 fully saturated rings. The van der Waals surface area contributed by atoms with Gasteiger partial charge in [0.05, 0.1) is 0 Å². The van der Waals surface area contributed by atoms with Crippen LogP contribution in [0.4, 0.5) is 0 Å². The average molecular weight is 1320 g/mol. The van der Waals surface area contributed by atoms with Crippen LogP contribution in [0, 0.1) is 13.8 Å². The third kappa shape index (κ3) is 50.3. The standard InChI is InChI=1S/C32H44N2.2C27H55.Pd/c1-5-9-14-25-20-22-27(23-21-25)31-29(18-11-7-3)30(19-12-8-4)32(34(31)33)28-17-13-16-26(24-28)15-10-6-2;2*1-3-5-7-9-11-13-15-17-19-21-23-25-27-26-24-22-20-18-16-14-12-10-8-6-4-2;/h13,16-17,20-24H,5-12,14-15,18-19H2,1-4H3;2*1,3-27H2,2H3;/q;2*-1;+2. The smallest absolute Gasteiger partial charge is 0.493 e. The van der Waals surface area contributed by atoms with Gasteiger partial charge in [0.1, 0.15) is 0 Å². The second-order valence-corrected chi connectivity index (χ2v) is 27.7. The fourth-order valence-corrected chi connectivity index (χ4v) is 13.2. The molecule has 0 spiro atoms. The summed E-state index contributed by atoms with van der Waals surface area (Å²) in [5, 5.41) is 0. The van der Waals surface area contributed by atoms with Crippen molar-refractivity contribution in [2.24, 2.45) is 0 Å². The summed E-state index contributed by atoms with van der Waals surface area (Å²) in [7, 11) is 0. The summed E-state index contributed by atoms with van der Waals surface area (Å²) in [6.07, 6.45) is 86.2. The van der Waals surface area contributed by atoms with Crippen molar-refractivity contribution in [2.45, 2.75) is 440 Å². The van der Waals surface area contributed by atoms with E-state index in [-0.39, 0.29) is 20.4 Å². The molecule has 3 heteroatoms. The van der Waals surface area contributed by atoms with E-state index >= 15 is 0 Å². The first kappa shape index (κ1) is 87.2. The van der Waals surface area contributed by atoms with E-state index in [1.165, 1.54) is 361 Å². The van der Waals surface area contributed by atoms with Crippen LogP contribution in [0.5, 0.6) is 0 Å². The van der Waals surface area contributed by atoms with Gasteiger partial charge in [0, 0.05) is 22.3 Å². The molecule has 1 aliphatic heterocycles. The normalized spacial score (nSPS) is 12.2. The molecule has 2 aromatic carbocycles. The van der Waals surface area contributed by atoms with E-state index in [1.54, 1.807) is 0 Å². The molecular weight excluding hydrogens is 1170 g/mol. The molecule has 0 unspecified atom stereocenters. The molecular formula is C86H154N2Pd. The van der Waals surface area contributed by atoms with E-state index in [9.17, 15) is 5.53 Å². The minimum absolute atomic E-state index is 0. The molecule has 518 valence electrons. The van der Waals surface area contributed by atoms with Gasteiger partial charge in [-0.05, 0) is 86.8 Å². The Labute approximate surface area is 573 Å². The number of rotatable bonds is 62. The first-order valence-corrected chi connectivity index (χ1v) is 40.2. The molecule has 0 bridgehead atoms. The molecule has 2 nitrogen and oxygen atoms in total. The van der Waals surface area contributed by atoms with Gasteiger partial charge in [-0.2, -0.15) is 12.8 Å². The Bertz CT molecular complexity index is 1740. The Morgan fingerprint density at radius 2 is 0.494 bits per heavy atom. The number of allylic oxidation sites excluding steroid dienone is 2. The number of hydrogen-bond donors (Lipinski definition) is 0. The van der Waals surface area contributed by atoms with Gasteiger partial charge in [-0.1, -0.05) is 400 Å². The van der Waals surface area contributed by atoms with Crippen molar-refractivity contribution >= 4 is 11.4 Å². The van der Waals surface area contributed by atoms with Crippen LogP contribution in [0.25, 0.3) is 16.9 Å². The Balaban J connectivity index is 0.00000131. The topological polar surface area (TPSA) is 25.3 Å². The van der Waals surface area contributed by atoms with E-state index in [0.29, 0.717) is 0 Å². The molecule has 89 heavy (non-hydrogen) atoms. The van der Waals surface area contributed by atoms with Gasteiger partial charge < -0.3 is 19.4 Å². The van der Waals surface area contributed by atoms with Crippen LogP contribution in [-0.2, 0) is 33.3 Å². The van der Waals surface area contributed by atoms with Crippen molar-refractivity contribution in [3.8, 4) is 0 Å². The Morgan fingerprint density at radius 3 is 0.764 bits per heavy atom. The zero-order chi connectivity index (χ0) is 63.7. The maximum atomic E-state index is 11.7. The first-order valence-electron chi connectivity index (χ1n) is 40.2. The molecule has 0 aliphatic carbocycles. The number of hydrogen-bond acceptors (Lipinski definition) is 0. The van der Waals surface area contributed by atoms with Crippen LogP contribution in [0.3, 0.4) is 0 Å². The van der Waals surface area contributed by atoms with Gasteiger partial charge in [-0.3, -0.25) is 0 Å². The second-order valence-electron chi connectivity index (χ2n) is 27.7. The summed E-state index contributed by atoms with van der Waals surface area (Å²) in [4.78, 5) is 0. The van der Waals surface area contributed by atoms with Crippen molar-refractivity contribution in [2.75, 3.05) is 0 Å². The molecule has 1 heterocycles. The Kier molecular flexibility index (Phi) is 67.6. The van der Waals surface area contributed by atoms with E-state index in [1.807, 2.05) is 0 Å². The summed E-state index contributed by atoms with van der Waals surface area (Å²) in [5.41, 5.74) is 21.4. The fourth-order valence-electron chi connectivity index (χ4n) is 13.2. The number of benzene rings is 2. The van der Waals surface area contributed by atoms with Crippen LogP contribution in [0.15, 0.2) is 59.7 Å². The zero-order valence-corrected chi connectivity index (χ0v) is 62.6. The van der Waals surface area contributed by atoms with E-state index in [2.05, 4.69) is 104 Å². The molecule has 0 amide bonds. The van der Waals surface area contributed by atoms with Gasteiger partial charge in [0.2, 0.25) is 11.4 Å². The molecule has 0 saturated heterocycles. The summed E-state index contributed by atoms with van der Waals surface area (Å²) in [5.74, 6) is 0. The third-order valence-corrected chi connectivity index (χ3v) is 19.2. The molecule has 2 aromatic rings. The minimum atomic E-state index is 0. The van der Waals surface area contributed by atoms with Crippen molar-refractivity contribution in [3.05, 3.63) is 101 Å². The van der Waals surface area contributed by atoms with Crippen LogP contribution in [-0.4, -0.2) is 4.70 Å². The van der Waals surface area contributed by atoms with Gasteiger partial charge in [0.15, 0.2) is 0 Å². The maximum absolute atomic E-state index is 11.7. The molecule has 0 saturated carbocycles. The summed E-state index contributed by atoms with van der Waals surface area (Å²) in [6, 6.07) is 17.8. The van der Waals surface area contributed by atoms with Crippen LogP contribution < -0.4 is 0 Å². The average Bonchev–Trinajstić information content (AvgIpc) is 1.64. The number of nitrogens with zero attached hydrogens (tertiary/aromatic N) is 2. The van der Waals surface area contributed by atoms with Crippen molar-refractivity contribution in [1.82, 2.24) is 0 Å². The number of aryl methyl sites for hydroxylation is 2.